The lowest BCUT2D eigenvalue weighted by Crippen LogP contribution is -2.22. The molecule has 84 valence electrons. The highest BCUT2D eigenvalue weighted by Gasteiger charge is 2.07. The van der Waals surface area contributed by atoms with Crippen molar-refractivity contribution in [2.24, 2.45) is 0 Å². The van der Waals surface area contributed by atoms with E-state index in [0.29, 0.717) is 0 Å². The van der Waals surface area contributed by atoms with Gasteiger partial charge in [0, 0.05) is 13.2 Å². The summed E-state index contributed by atoms with van der Waals surface area (Å²) in [6.45, 7) is 8.07. The van der Waals surface area contributed by atoms with Gasteiger partial charge in [-0.05, 0) is 25.5 Å². The van der Waals surface area contributed by atoms with Crippen molar-refractivity contribution < 1.29 is 8.85 Å². The molecule has 0 aliphatic rings. The lowest BCUT2D eigenvalue weighted by Gasteiger charge is -2.12. The van der Waals surface area contributed by atoms with E-state index >= 15 is 0 Å². The molecular weight excluding hydrogens is 192 g/mol. The van der Waals surface area contributed by atoms with Gasteiger partial charge in [-0.3, -0.25) is 0 Å². The highest BCUT2D eigenvalue weighted by molar-refractivity contribution is 6.50. The third-order valence-corrected chi connectivity index (χ3v) is 3.74. The lowest BCUT2D eigenvalue weighted by atomic mass is 10.4. The topological polar surface area (TPSA) is 18.5 Å². The summed E-state index contributed by atoms with van der Waals surface area (Å²) in [5, 5.41) is 0. The quantitative estimate of drug-likeness (QED) is 0.436. The molecule has 0 atom stereocenters. The van der Waals surface area contributed by atoms with Gasteiger partial charge in [-0.25, -0.2) is 0 Å². The van der Waals surface area contributed by atoms with Crippen molar-refractivity contribution in [3.05, 3.63) is 11.8 Å². The number of hydrogen-bond acceptors (Lipinski definition) is 2. The van der Waals surface area contributed by atoms with E-state index in [0.717, 1.165) is 26.1 Å². The van der Waals surface area contributed by atoms with Crippen LogP contribution < -0.4 is 0 Å². The van der Waals surface area contributed by atoms with Crippen LogP contribution in [0.25, 0.3) is 0 Å². The third kappa shape index (κ3) is 8.47. The highest BCUT2D eigenvalue weighted by Crippen LogP contribution is 1.98. The van der Waals surface area contributed by atoms with E-state index < -0.39 is 9.28 Å². The number of rotatable bonds is 9. The minimum Gasteiger partial charge on any atom is -0.394 e. The molecule has 3 heteroatoms. The summed E-state index contributed by atoms with van der Waals surface area (Å²) in [6.07, 6.45) is 6.68. The largest absolute Gasteiger partial charge is 0.394 e. The molecule has 0 unspecified atom stereocenters. The van der Waals surface area contributed by atoms with Crippen LogP contribution in [0, 0.1) is 0 Å². The van der Waals surface area contributed by atoms with Crippen molar-refractivity contribution in [1.82, 2.24) is 0 Å². The van der Waals surface area contributed by atoms with E-state index in [1.807, 2.05) is 13.0 Å². The smallest absolute Gasteiger partial charge is 0.348 e. The van der Waals surface area contributed by atoms with Crippen LogP contribution in [0.3, 0.4) is 0 Å². The monoisotopic (exact) mass is 216 g/mol. The van der Waals surface area contributed by atoms with E-state index in [4.69, 9.17) is 8.85 Å². The Labute approximate surface area is 90.2 Å². The molecule has 0 fully saturated rings. The molecule has 0 saturated carbocycles. The van der Waals surface area contributed by atoms with Crippen LogP contribution in [0.1, 0.15) is 46.5 Å². The standard InChI is InChI=1S/C11H24O2Si/c1-4-7-9-12-14(11-6-3)13-10-8-5-2/h6,11,14H,4-5,7-10H2,1-3H3. The summed E-state index contributed by atoms with van der Waals surface area (Å²) in [7, 11) is -1.48. The first-order valence-corrected chi connectivity index (χ1v) is 7.32. The molecule has 0 aromatic carbocycles. The second kappa shape index (κ2) is 11.0. The van der Waals surface area contributed by atoms with Crippen molar-refractivity contribution in [3.63, 3.8) is 0 Å². The number of hydrogen-bond donors (Lipinski definition) is 0. The molecular formula is C11H24O2Si. The molecule has 0 saturated heterocycles. The minimum absolute atomic E-state index is 0.851. The van der Waals surface area contributed by atoms with Crippen molar-refractivity contribution in [3.8, 4) is 0 Å². The van der Waals surface area contributed by atoms with Crippen molar-refractivity contribution in [1.29, 1.82) is 0 Å². The van der Waals surface area contributed by atoms with Crippen LogP contribution in [0.4, 0.5) is 0 Å². The van der Waals surface area contributed by atoms with E-state index in [9.17, 15) is 0 Å². The third-order valence-electron chi connectivity index (χ3n) is 1.91. The maximum Gasteiger partial charge on any atom is 0.348 e. The van der Waals surface area contributed by atoms with Gasteiger partial charge >= 0.3 is 9.28 Å². The van der Waals surface area contributed by atoms with E-state index in [-0.39, 0.29) is 0 Å². The Morgan fingerprint density at radius 3 is 1.86 bits per heavy atom. The predicted molar refractivity (Wildman–Crippen MR) is 63.7 cm³/mol. The first-order valence-electron chi connectivity index (χ1n) is 5.71. The molecule has 0 aromatic heterocycles. The van der Waals surface area contributed by atoms with Gasteiger partial charge in [0.05, 0.1) is 0 Å². The Kier molecular flexibility index (Phi) is 10.9. The van der Waals surface area contributed by atoms with Gasteiger partial charge in [0.2, 0.25) is 0 Å². The van der Waals surface area contributed by atoms with Crippen molar-refractivity contribution in [2.45, 2.75) is 46.5 Å². The molecule has 0 N–H and O–H groups in total. The highest BCUT2D eigenvalue weighted by atomic mass is 28.3. The van der Waals surface area contributed by atoms with Gasteiger partial charge < -0.3 is 8.85 Å². The zero-order valence-corrected chi connectivity index (χ0v) is 10.9. The van der Waals surface area contributed by atoms with Gasteiger partial charge in [-0.1, -0.05) is 32.8 Å². The number of unbranched alkanes of at least 4 members (excludes halogenated alkanes) is 2. The van der Waals surface area contributed by atoms with Gasteiger partial charge in [0.1, 0.15) is 0 Å². The Morgan fingerprint density at radius 1 is 1.00 bits per heavy atom. The molecule has 0 aliphatic heterocycles. The molecule has 0 aromatic rings. The van der Waals surface area contributed by atoms with E-state index in [1.54, 1.807) is 0 Å². The average Bonchev–Trinajstić information content (AvgIpc) is 2.18. The predicted octanol–water partition coefficient (Wildman–Crippen LogP) is 2.96. The second-order valence-corrected chi connectivity index (χ2v) is 5.13. The summed E-state index contributed by atoms with van der Waals surface area (Å²) in [5.41, 5.74) is 2.10. The van der Waals surface area contributed by atoms with Gasteiger partial charge in [-0.15, -0.1) is 0 Å². The molecule has 0 amide bonds. The normalized spacial score (nSPS) is 11.7. The summed E-state index contributed by atoms with van der Waals surface area (Å²) < 4.78 is 11.4. The van der Waals surface area contributed by atoms with E-state index in [2.05, 4.69) is 19.5 Å². The average molecular weight is 216 g/mol. The fourth-order valence-corrected chi connectivity index (χ4v) is 2.43. The summed E-state index contributed by atoms with van der Waals surface area (Å²) >= 11 is 0. The Hall–Kier alpha value is -0.123. The van der Waals surface area contributed by atoms with E-state index in [1.165, 1.54) is 12.8 Å². The molecule has 0 spiro atoms. The zero-order chi connectivity index (χ0) is 10.6. The molecule has 14 heavy (non-hydrogen) atoms. The van der Waals surface area contributed by atoms with Crippen molar-refractivity contribution >= 4 is 9.28 Å². The Balaban J connectivity index is 3.55. The molecule has 2 nitrogen and oxygen atoms in total. The summed E-state index contributed by atoms with van der Waals surface area (Å²) in [5.74, 6) is 0. The van der Waals surface area contributed by atoms with Crippen LogP contribution in [0.2, 0.25) is 0 Å². The van der Waals surface area contributed by atoms with Crippen molar-refractivity contribution in [2.75, 3.05) is 13.2 Å². The molecule has 0 aliphatic carbocycles. The SMILES string of the molecule is CC=C[SiH](OCCCC)OCCCC. The fraction of sp³-hybridized carbons (Fsp3) is 0.818. The first-order chi connectivity index (χ1) is 6.85. The molecule has 0 heterocycles. The lowest BCUT2D eigenvalue weighted by molar-refractivity contribution is 0.201. The Bertz CT molecular complexity index is 127. The van der Waals surface area contributed by atoms with Gasteiger partial charge in [-0.2, -0.15) is 0 Å². The molecule has 0 bridgehead atoms. The van der Waals surface area contributed by atoms with Gasteiger partial charge in [0.25, 0.3) is 0 Å². The Morgan fingerprint density at radius 2 is 1.50 bits per heavy atom. The maximum absolute atomic E-state index is 5.70. The number of allylic oxidation sites excluding steroid dienone is 1. The second-order valence-electron chi connectivity index (χ2n) is 3.34. The fourth-order valence-electron chi connectivity index (χ4n) is 1.00. The maximum atomic E-state index is 5.70. The molecule has 0 rings (SSSR count). The van der Waals surface area contributed by atoms with Crippen LogP contribution in [-0.4, -0.2) is 22.5 Å². The van der Waals surface area contributed by atoms with Crippen LogP contribution >= 0.6 is 0 Å². The van der Waals surface area contributed by atoms with Crippen LogP contribution in [-0.2, 0) is 8.85 Å². The van der Waals surface area contributed by atoms with Crippen LogP contribution in [0.5, 0.6) is 0 Å². The molecule has 0 radical (unpaired) electrons. The van der Waals surface area contributed by atoms with Crippen LogP contribution in [0.15, 0.2) is 11.8 Å². The summed E-state index contributed by atoms with van der Waals surface area (Å²) in [6, 6.07) is 0. The minimum atomic E-state index is -1.48. The first kappa shape index (κ1) is 13.9. The zero-order valence-electron chi connectivity index (χ0n) is 9.79. The summed E-state index contributed by atoms with van der Waals surface area (Å²) in [4.78, 5) is 0. The van der Waals surface area contributed by atoms with Gasteiger partial charge in [0.15, 0.2) is 0 Å².